The maximum absolute atomic E-state index is 13.5. The highest BCUT2D eigenvalue weighted by Crippen LogP contribution is 2.82. The van der Waals surface area contributed by atoms with Crippen LogP contribution in [0.25, 0.3) is 0 Å². The highest BCUT2D eigenvalue weighted by Gasteiger charge is 2.84. The summed E-state index contributed by atoms with van der Waals surface area (Å²) in [6.07, 6.45) is 7.32. The Kier molecular flexibility index (Phi) is 5.43. The number of aliphatic carboxylic acids is 1. The van der Waals surface area contributed by atoms with Gasteiger partial charge in [0, 0.05) is 11.8 Å². The van der Waals surface area contributed by atoms with Gasteiger partial charge >= 0.3 is 5.97 Å². The van der Waals surface area contributed by atoms with E-state index in [1.165, 1.54) is 0 Å². The summed E-state index contributed by atoms with van der Waals surface area (Å²) in [4.78, 5) is 26.7. The van der Waals surface area contributed by atoms with Crippen LogP contribution in [0.1, 0.15) is 66.7 Å². The lowest BCUT2D eigenvalue weighted by molar-refractivity contribution is -0.251. The van der Waals surface area contributed by atoms with Crippen LogP contribution in [0.5, 0.6) is 0 Å². The van der Waals surface area contributed by atoms with Gasteiger partial charge in [0.15, 0.2) is 6.29 Å². The van der Waals surface area contributed by atoms with Crippen molar-refractivity contribution in [2.24, 2.45) is 57.7 Å². The molecule has 0 radical (unpaired) electrons. The number of allylic oxidation sites excluding steroid dienone is 1. The van der Waals surface area contributed by atoms with Gasteiger partial charge in [0.25, 0.3) is 0 Å². The van der Waals surface area contributed by atoms with Gasteiger partial charge in [-0.15, -0.1) is 0 Å². The normalized spacial score (nSPS) is 54.0. The minimum absolute atomic E-state index is 0.0426. The fraction of sp³-hybridized carbons (Fsp3) is 0.862. The topological polar surface area (TPSA) is 82.1 Å². The van der Waals surface area contributed by atoms with E-state index in [9.17, 15) is 14.7 Å². The molecule has 3 saturated carbocycles. The average Bonchev–Trinajstić information content (AvgIpc) is 3.50. The van der Waals surface area contributed by atoms with Gasteiger partial charge in [-0.2, -0.15) is 0 Å². The molecule has 0 aromatic carbocycles. The van der Waals surface area contributed by atoms with Crippen molar-refractivity contribution in [2.45, 2.75) is 85.2 Å². The zero-order chi connectivity index (χ0) is 24.9. The zero-order valence-electron chi connectivity index (χ0n) is 21.9. The predicted octanol–water partition coefficient (Wildman–Crippen LogP) is 4.71. The van der Waals surface area contributed by atoms with Gasteiger partial charge < -0.3 is 24.1 Å². The van der Waals surface area contributed by atoms with Gasteiger partial charge in [-0.3, -0.25) is 4.79 Å². The smallest absolute Gasteiger partial charge is 0.315 e. The summed E-state index contributed by atoms with van der Waals surface area (Å²) in [6, 6.07) is 0. The van der Waals surface area contributed by atoms with Crippen LogP contribution in [0.4, 0.5) is 0 Å². The van der Waals surface area contributed by atoms with E-state index in [1.807, 2.05) is 0 Å². The molecule has 4 bridgehead atoms. The van der Waals surface area contributed by atoms with Crippen LogP contribution < -0.4 is 0 Å². The third-order valence-electron chi connectivity index (χ3n) is 11.6. The Morgan fingerprint density at radius 3 is 2.66 bits per heavy atom. The Balaban J connectivity index is 1.39. The lowest BCUT2D eigenvalue weighted by Crippen LogP contribution is -2.63. The molecule has 6 nitrogen and oxygen atoms in total. The number of carboxylic acid groups (broad SMARTS) is 1. The summed E-state index contributed by atoms with van der Waals surface area (Å²) < 4.78 is 18.9. The highest BCUT2D eigenvalue weighted by molar-refractivity contribution is 5.90. The number of fused-ring (bicyclic) bond motifs is 3. The monoisotopic (exact) mass is 486 g/mol. The average molecular weight is 487 g/mol. The number of carbonyl (C=O) groups is 2. The van der Waals surface area contributed by atoms with E-state index >= 15 is 0 Å². The first-order chi connectivity index (χ1) is 16.6. The van der Waals surface area contributed by atoms with Gasteiger partial charge in [0.1, 0.15) is 11.7 Å². The molecule has 2 aliphatic heterocycles. The Morgan fingerprint density at radius 1 is 1.20 bits per heavy atom. The maximum Gasteiger partial charge on any atom is 0.315 e. The van der Waals surface area contributed by atoms with Crippen molar-refractivity contribution in [2.75, 3.05) is 13.2 Å². The number of rotatable bonds is 6. The minimum atomic E-state index is -1.18. The van der Waals surface area contributed by atoms with Crippen molar-refractivity contribution in [3.63, 3.8) is 0 Å². The van der Waals surface area contributed by atoms with E-state index in [2.05, 4.69) is 40.7 Å². The molecule has 4 aliphatic carbocycles. The summed E-state index contributed by atoms with van der Waals surface area (Å²) in [5.41, 5.74) is -1.65. The van der Waals surface area contributed by atoms with Gasteiger partial charge in [-0.05, 0) is 67.6 Å². The molecule has 2 unspecified atom stereocenters. The summed E-state index contributed by atoms with van der Waals surface area (Å²) in [6.45, 7) is 11.9. The molecule has 12 atom stereocenters. The summed E-state index contributed by atoms with van der Waals surface area (Å²) in [7, 11) is 0. The molecule has 2 saturated heterocycles. The number of carboxylic acids is 1. The van der Waals surface area contributed by atoms with E-state index in [0.29, 0.717) is 36.7 Å². The molecule has 35 heavy (non-hydrogen) atoms. The summed E-state index contributed by atoms with van der Waals surface area (Å²) >= 11 is 0. The Hall–Kier alpha value is -1.24. The third-order valence-corrected chi connectivity index (χ3v) is 11.6. The van der Waals surface area contributed by atoms with Crippen molar-refractivity contribution in [3.05, 3.63) is 11.6 Å². The number of carbonyl (C=O) groups excluding carboxylic acids is 1. The van der Waals surface area contributed by atoms with Crippen molar-refractivity contribution in [3.8, 4) is 0 Å². The van der Waals surface area contributed by atoms with E-state index in [1.54, 1.807) is 0 Å². The molecular formula is C29H42O6. The molecule has 6 heteroatoms. The predicted molar refractivity (Wildman–Crippen MR) is 129 cm³/mol. The standard InChI is InChI=1S/C29H42O6/c1-15(2)23-8-19-10-27(13-30)22-7-6-16(3)21(22)11-28(19,29(23,27)26(31)32)14-34-24-9-20-17(4)12-33-25(20)18(5)35-24/h8,13,15-22,24-25H,6-7,9-12,14H2,1-5H3,(H,31,32)/t16-,17+,18-,19+,20-,21-,22-,24-,25-,27+,28?,29?/m1/s1. The van der Waals surface area contributed by atoms with Crippen molar-refractivity contribution in [1.82, 2.24) is 0 Å². The van der Waals surface area contributed by atoms with Crippen LogP contribution >= 0.6 is 0 Å². The van der Waals surface area contributed by atoms with Gasteiger partial charge in [-0.25, -0.2) is 0 Å². The van der Waals surface area contributed by atoms with E-state index in [-0.39, 0.29) is 36.3 Å². The van der Waals surface area contributed by atoms with Gasteiger partial charge in [-0.1, -0.05) is 45.8 Å². The lowest BCUT2D eigenvalue weighted by atomic mass is 9.43. The number of aldehydes is 1. The van der Waals surface area contributed by atoms with Crippen LogP contribution in [0.3, 0.4) is 0 Å². The second kappa shape index (κ2) is 7.88. The van der Waals surface area contributed by atoms with Crippen molar-refractivity contribution < 1.29 is 28.9 Å². The molecule has 0 spiro atoms. The molecular weight excluding hydrogens is 444 g/mol. The molecule has 2 heterocycles. The van der Waals surface area contributed by atoms with Crippen LogP contribution in [0.15, 0.2) is 11.6 Å². The summed E-state index contributed by atoms with van der Waals surface area (Å²) in [5, 5.41) is 11.1. The highest BCUT2D eigenvalue weighted by atomic mass is 16.7. The van der Waals surface area contributed by atoms with E-state index < -0.39 is 22.2 Å². The summed E-state index contributed by atoms with van der Waals surface area (Å²) in [5.74, 6) is 1.22. The van der Waals surface area contributed by atoms with Crippen LogP contribution in [0, 0.1) is 57.7 Å². The van der Waals surface area contributed by atoms with Crippen LogP contribution in [0.2, 0.25) is 0 Å². The third kappa shape index (κ3) is 2.77. The Bertz CT molecular complexity index is 943. The Morgan fingerprint density at radius 2 is 1.97 bits per heavy atom. The fourth-order valence-electron chi connectivity index (χ4n) is 10.3. The molecule has 5 fully saturated rings. The molecule has 0 aromatic rings. The van der Waals surface area contributed by atoms with Gasteiger partial charge in [0.2, 0.25) is 0 Å². The van der Waals surface area contributed by atoms with E-state index in [0.717, 1.165) is 44.1 Å². The number of hydrogen-bond donors (Lipinski definition) is 1. The lowest BCUT2D eigenvalue weighted by Gasteiger charge is -2.58. The molecule has 0 aromatic heterocycles. The van der Waals surface area contributed by atoms with Crippen LogP contribution in [-0.4, -0.2) is 49.1 Å². The second-order valence-electron chi connectivity index (χ2n) is 13.2. The van der Waals surface area contributed by atoms with Crippen molar-refractivity contribution in [1.29, 1.82) is 0 Å². The Labute approximate surface area is 209 Å². The van der Waals surface area contributed by atoms with E-state index in [4.69, 9.17) is 14.2 Å². The maximum atomic E-state index is 13.5. The molecule has 6 aliphatic rings. The number of ether oxygens (including phenoxy) is 3. The molecule has 6 rings (SSSR count). The van der Waals surface area contributed by atoms with Crippen molar-refractivity contribution >= 4 is 12.3 Å². The molecule has 1 N–H and O–H groups in total. The fourth-order valence-corrected chi connectivity index (χ4v) is 10.3. The first-order valence-corrected chi connectivity index (χ1v) is 13.9. The van der Waals surface area contributed by atoms with Gasteiger partial charge in [0.05, 0.1) is 30.8 Å². The largest absolute Gasteiger partial charge is 0.481 e. The zero-order valence-corrected chi connectivity index (χ0v) is 21.9. The van der Waals surface area contributed by atoms with Crippen LogP contribution in [-0.2, 0) is 23.8 Å². The SMILES string of the molecule is CC(C)C1=C[C@H]2C[C@]3(C=O)[C@@H]4CC[C@@H](C)[C@H]4CC2(CO[C@H]2C[C@H]4[C@H](OC[C@@H]4C)[C@@H](C)O2)C13C(=O)O. The first-order valence-electron chi connectivity index (χ1n) is 13.9. The first kappa shape index (κ1) is 24.1. The molecule has 0 amide bonds. The molecule has 194 valence electrons. The number of hydrogen-bond acceptors (Lipinski definition) is 5. The quantitative estimate of drug-likeness (QED) is 0.432. The minimum Gasteiger partial charge on any atom is -0.481 e. The second-order valence-corrected chi connectivity index (χ2v) is 13.2.